The molecular formula is C16H14N2O3S. The van der Waals surface area contributed by atoms with Crippen LogP contribution in [0.1, 0.15) is 0 Å². The number of hydrogen-bond acceptors (Lipinski definition) is 4. The third kappa shape index (κ3) is 2.87. The van der Waals surface area contributed by atoms with Gasteiger partial charge in [-0.1, -0.05) is 23.7 Å². The van der Waals surface area contributed by atoms with Crippen molar-refractivity contribution in [2.24, 2.45) is 0 Å². The predicted octanol–water partition coefficient (Wildman–Crippen LogP) is 2.71. The maximum Gasteiger partial charge on any atom is 0.268 e. The minimum atomic E-state index is -0.237. The number of fused-ring (bicyclic) bond motifs is 1. The standard InChI is InChI=1S/C16H14N2O3S/c1-21-12-8-6-11(7-9-12)17-15(19)10-18-16(20)13-4-2-3-5-14(13)22-18/h2-9H,10H2,1H3,(H,17,19). The second-order valence-corrected chi connectivity index (χ2v) is 5.77. The molecule has 0 spiro atoms. The summed E-state index contributed by atoms with van der Waals surface area (Å²) >= 11 is 1.29. The second-order valence-electron chi connectivity index (χ2n) is 4.71. The summed E-state index contributed by atoms with van der Waals surface area (Å²) in [6, 6.07) is 14.4. The van der Waals surface area contributed by atoms with E-state index in [4.69, 9.17) is 4.74 Å². The molecule has 3 rings (SSSR count). The van der Waals surface area contributed by atoms with Gasteiger partial charge >= 0.3 is 0 Å². The van der Waals surface area contributed by atoms with Crippen LogP contribution in [0, 0.1) is 0 Å². The Morgan fingerprint density at radius 3 is 2.59 bits per heavy atom. The SMILES string of the molecule is COc1ccc(NC(=O)Cn2sc3ccccc3c2=O)cc1. The van der Waals surface area contributed by atoms with Gasteiger partial charge in [0.15, 0.2) is 0 Å². The van der Waals surface area contributed by atoms with Gasteiger partial charge in [-0.25, -0.2) is 0 Å². The summed E-state index contributed by atoms with van der Waals surface area (Å²) < 4.78 is 7.40. The van der Waals surface area contributed by atoms with Gasteiger partial charge in [-0.3, -0.25) is 13.5 Å². The molecule has 0 atom stereocenters. The average Bonchev–Trinajstić information content (AvgIpc) is 2.84. The van der Waals surface area contributed by atoms with E-state index in [0.29, 0.717) is 11.1 Å². The smallest absolute Gasteiger partial charge is 0.268 e. The fraction of sp³-hybridized carbons (Fsp3) is 0.125. The lowest BCUT2D eigenvalue weighted by Crippen LogP contribution is -2.23. The van der Waals surface area contributed by atoms with Gasteiger partial charge in [-0.05, 0) is 36.4 Å². The van der Waals surface area contributed by atoms with Crippen LogP contribution in [0.3, 0.4) is 0 Å². The Bertz CT molecular complexity index is 865. The van der Waals surface area contributed by atoms with Crippen LogP contribution in [0.25, 0.3) is 10.1 Å². The molecule has 6 heteroatoms. The highest BCUT2D eigenvalue weighted by atomic mass is 32.1. The maximum atomic E-state index is 12.2. The summed E-state index contributed by atoms with van der Waals surface area (Å²) in [7, 11) is 1.58. The zero-order valence-corrected chi connectivity index (χ0v) is 12.7. The van der Waals surface area contributed by atoms with Crippen LogP contribution >= 0.6 is 11.5 Å². The Balaban J connectivity index is 1.75. The molecule has 2 aromatic carbocycles. The van der Waals surface area contributed by atoms with Gasteiger partial charge in [-0.15, -0.1) is 0 Å². The van der Waals surface area contributed by atoms with Crippen LogP contribution in [-0.4, -0.2) is 17.0 Å². The fourth-order valence-electron chi connectivity index (χ4n) is 2.13. The first-order valence-electron chi connectivity index (χ1n) is 6.70. The number of nitrogens with zero attached hydrogens (tertiary/aromatic N) is 1. The van der Waals surface area contributed by atoms with E-state index in [1.807, 2.05) is 18.2 Å². The second kappa shape index (κ2) is 6.03. The lowest BCUT2D eigenvalue weighted by atomic mass is 10.3. The molecule has 0 saturated carbocycles. The minimum absolute atomic E-state index is 0.00418. The largest absolute Gasteiger partial charge is 0.497 e. The number of carbonyl (C=O) groups excluding carboxylic acids is 1. The number of amides is 1. The van der Waals surface area contributed by atoms with Crippen molar-refractivity contribution in [2.45, 2.75) is 6.54 Å². The molecule has 0 aliphatic rings. The van der Waals surface area contributed by atoms with Gasteiger partial charge in [0.25, 0.3) is 5.56 Å². The van der Waals surface area contributed by atoms with E-state index in [1.165, 1.54) is 15.5 Å². The number of methoxy groups -OCH3 is 1. The van der Waals surface area contributed by atoms with Crippen LogP contribution in [0.15, 0.2) is 53.3 Å². The summed E-state index contributed by atoms with van der Waals surface area (Å²) in [5.41, 5.74) is 0.533. The highest BCUT2D eigenvalue weighted by molar-refractivity contribution is 7.13. The zero-order chi connectivity index (χ0) is 15.5. The highest BCUT2D eigenvalue weighted by Crippen LogP contribution is 2.17. The van der Waals surface area contributed by atoms with Crippen molar-refractivity contribution in [1.29, 1.82) is 0 Å². The first kappa shape index (κ1) is 14.3. The number of rotatable bonds is 4. The van der Waals surface area contributed by atoms with Crippen molar-refractivity contribution < 1.29 is 9.53 Å². The van der Waals surface area contributed by atoms with Crippen LogP contribution in [0.5, 0.6) is 5.75 Å². The van der Waals surface area contributed by atoms with Crippen LogP contribution in [-0.2, 0) is 11.3 Å². The minimum Gasteiger partial charge on any atom is -0.497 e. The van der Waals surface area contributed by atoms with Crippen molar-refractivity contribution in [3.05, 3.63) is 58.9 Å². The molecule has 1 amide bonds. The molecule has 0 aliphatic heterocycles. The van der Waals surface area contributed by atoms with Gasteiger partial charge in [0.1, 0.15) is 12.3 Å². The molecule has 22 heavy (non-hydrogen) atoms. The van der Waals surface area contributed by atoms with Crippen LogP contribution in [0.4, 0.5) is 5.69 Å². The molecule has 5 nitrogen and oxygen atoms in total. The van der Waals surface area contributed by atoms with Gasteiger partial charge in [0.05, 0.1) is 17.2 Å². The van der Waals surface area contributed by atoms with E-state index in [2.05, 4.69) is 5.32 Å². The molecule has 0 radical (unpaired) electrons. The zero-order valence-electron chi connectivity index (χ0n) is 11.9. The number of carbonyl (C=O) groups is 1. The number of aromatic nitrogens is 1. The van der Waals surface area contributed by atoms with Crippen LogP contribution in [0.2, 0.25) is 0 Å². The van der Waals surface area contributed by atoms with Crippen LogP contribution < -0.4 is 15.6 Å². The van der Waals surface area contributed by atoms with Gasteiger partial charge in [0, 0.05) is 5.69 Å². The Labute approximate surface area is 130 Å². The first-order valence-corrected chi connectivity index (χ1v) is 7.47. The highest BCUT2D eigenvalue weighted by Gasteiger charge is 2.10. The molecule has 0 unspecified atom stereocenters. The Morgan fingerprint density at radius 1 is 1.18 bits per heavy atom. The van der Waals surface area contributed by atoms with Crippen molar-refractivity contribution in [3.8, 4) is 5.75 Å². The first-order chi connectivity index (χ1) is 10.7. The molecule has 1 heterocycles. The third-order valence-electron chi connectivity index (χ3n) is 3.21. The van der Waals surface area contributed by atoms with E-state index in [1.54, 1.807) is 37.4 Å². The molecule has 1 aromatic heterocycles. The molecule has 3 aromatic rings. The Morgan fingerprint density at radius 2 is 1.91 bits per heavy atom. The van der Waals surface area contributed by atoms with Crippen molar-refractivity contribution in [1.82, 2.24) is 3.96 Å². The van der Waals surface area contributed by atoms with Gasteiger partial charge in [0.2, 0.25) is 5.91 Å². The van der Waals surface area contributed by atoms with Crippen molar-refractivity contribution in [3.63, 3.8) is 0 Å². The quantitative estimate of drug-likeness (QED) is 0.805. The Kier molecular flexibility index (Phi) is 3.93. The van der Waals surface area contributed by atoms with E-state index in [9.17, 15) is 9.59 Å². The normalized spacial score (nSPS) is 10.6. The summed E-state index contributed by atoms with van der Waals surface area (Å²) in [6.07, 6.45) is 0. The number of nitrogens with one attached hydrogen (secondary N) is 1. The molecule has 0 bridgehead atoms. The van der Waals surface area contributed by atoms with E-state index in [0.717, 1.165) is 10.4 Å². The topological polar surface area (TPSA) is 60.3 Å². The lowest BCUT2D eigenvalue weighted by Gasteiger charge is -2.06. The maximum absolute atomic E-state index is 12.2. The fourth-order valence-corrected chi connectivity index (χ4v) is 3.12. The van der Waals surface area contributed by atoms with Crippen molar-refractivity contribution >= 4 is 33.2 Å². The summed E-state index contributed by atoms with van der Waals surface area (Å²) in [6.45, 7) is 0.00418. The lowest BCUT2D eigenvalue weighted by molar-refractivity contribution is -0.116. The molecule has 112 valence electrons. The summed E-state index contributed by atoms with van der Waals surface area (Å²) in [4.78, 5) is 24.2. The molecule has 0 aliphatic carbocycles. The van der Waals surface area contributed by atoms with Crippen molar-refractivity contribution in [2.75, 3.05) is 12.4 Å². The molecule has 0 fully saturated rings. The Hall–Kier alpha value is -2.60. The monoisotopic (exact) mass is 314 g/mol. The van der Waals surface area contributed by atoms with Gasteiger partial charge in [-0.2, -0.15) is 0 Å². The average molecular weight is 314 g/mol. The number of hydrogen-bond donors (Lipinski definition) is 1. The van der Waals surface area contributed by atoms with Gasteiger partial charge < -0.3 is 10.1 Å². The third-order valence-corrected chi connectivity index (χ3v) is 4.28. The van der Waals surface area contributed by atoms with E-state index >= 15 is 0 Å². The number of ether oxygens (including phenoxy) is 1. The number of anilines is 1. The molecule has 1 N–H and O–H groups in total. The molecular weight excluding hydrogens is 300 g/mol. The van der Waals surface area contributed by atoms with E-state index < -0.39 is 0 Å². The number of benzene rings is 2. The predicted molar refractivity (Wildman–Crippen MR) is 87.7 cm³/mol. The summed E-state index contributed by atoms with van der Waals surface area (Å²) in [5.74, 6) is 0.484. The van der Waals surface area contributed by atoms with E-state index in [-0.39, 0.29) is 18.0 Å². The molecule has 0 saturated heterocycles. The summed E-state index contributed by atoms with van der Waals surface area (Å²) in [5, 5.41) is 3.41.